The molecule has 0 aliphatic heterocycles. The average molecular weight is 454 g/mol. The highest BCUT2D eigenvalue weighted by Crippen LogP contribution is 2.12. The number of nitrogens with one attached hydrogen (secondary N) is 4. The summed E-state index contributed by atoms with van der Waals surface area (Å²) in [5, 5.41) is 18.1. The van der Waals surface area contributed by atoms with E-state index in [1.165, 1.54) is 6.20 Å². The van der Waals surface area contributed by atoms with Gasteiger partial charge in [0.15, 0.2) is 11.2 Å². The summed E-state index contributed by atoms with van der Waals surface area (Å²) >= 11 is 0. The molecule has 0 fully saturated rings. The first-order valence-electron chi connectivity index (χ1n) is 10.4. The molecule has 3 rings (SSSR count). The predicted molar refractivity (Wildman–Crippen MR) is 123 cm³/mol. The number of nitrogens with zero attached hydrogens (tertiary/aromatic N) is 3. The number of aromatic nitrogens is 4. The molecule has 0 aliphatic rings. The number of benzene rings is 1. The molecular formula is C21H26N8O4. The molecule has 33 heavy (non-hydrogen) atoms. The minimum atomic E-state index is -1.06. The van der Waals surface area contributed by atoms with Crippen LogP contribution in [0.15, 0.2) is 35.3 Å². The van der Waals surface area contributed by atoms with Crippen LogP contribution in [0.5, 0.6) is 0 Å². The molecule has 2 heterocycles. The standard InChI is InChI=1S/C21H26N8O4/c1-23-9-3-2-4-15(20(32)33)27-18(30)12-5-7-13(8-6-12)24-10-14-11-25-17-16(26-14)19(31)29-21(22)28-17/h5-8,11,15,23-24H,2-4,9-10H2,1H3,(H,27,30)(H,32,33)(H3,22,25,28,29,31)/t15-/m0/s1. The van der Waals surface area contributed by atoms with Crippen LogP contribution in [0.3, 0.4) is 0 Å². The van der Waals surface area contributed by atoms with E-state index >= 15 is 0 Å². The van der Waals surface area contributed by atoms with Crippen LogP contribution in [-0.2, 0) is 11.3 Å². The number of rotatable bonds is 11. The van der Waals surface area contributed by atoms with E-state index in [2.05, 4.69) is 35.9 Å². The molecule has 0 aliphatic carbocycles. The fourth-order valence-electron chi connectivity index (χ4n) is 3.14. The lowest BCUT2D eigenvalue weighted by atomic mass is 10.1. The molecule has 1 atom stereocenters. The molecule has 0 saturated carbocycles. The molecule has 0 bridgehead atoms. The monoisotopic (exact) mass is 454 g/mol. The van der Waals surface area contributed by atoms with Gasteiger partial charge in [0.25, 0.3) is 11.5 Å². The third-order valence-electron chi connectivity index (χ3n) is 4.88. The maximum atomic E-state index is 12.4. The summed E-state index contributed by atoms with van der Waals surface area (Å²) in [6, 6.07) is 5.65. The van der Waals surface area contributed by atoms with Gasteiger partial charge in [-0.3, -0.25) is 14.6 Å². The lowest BCUT2D eigenvalue weighted by molar-refractivity contribution is -0.139. The lowest BCUT2D eigenvalue weighted by Crippen LogP contribution is -2.40. The number of carboxylic acids is 1. The second-order valence-corrected chi connectivity index (χ2v) is 7.38. The zero-order valence-corrected chi connectivity index (χ0v) is 18.1. The van der Waals surface area contributed by atoms with Gasteiger partial charge in [0, 0.05) is 11.3 Å². The number of H-pyrrole nitrogens is 1. The maximum absolute atomic E-state index is 12.4. The fourth-order valence-corrected chi connectivity index (χ4v) is 3.14. The largest absolute Gasteiger partial charge is 0.480 e. The molecule has 0 radical (unpaired) electrons. The van der Waals surface area contributed by atoms with E-state index in [9.17, 15) is 19.5 Å². The summed E-state index contributed by atoms with van der Waals surface area (Å²) in [7, 11) is 1.83. The number of amides is 1. The van der Waals surface area contributed by atoms with Crippen molar-refractivity contribution in [3.8, 4) is 0 Å². The Kier molecular flexibility index (Phi) is 7.86. The van der Waals surface area contributed by atoms with Crippen LogP contribution in [0.25, 0.3) is 11.2 Å². The Hall–Kier alpha value is -4.06. The van der Waals surface area contributed by atoms with E-state index in [0.717, 1.165) is 13.0 Å². The third-order valence-corrected chi connectivity index (χ3v) is 4.88. The predicted octanol–water partition coefficient (Wildman–Crippen LogP) is 0.480. The quantitative estimate of drug-likeness (QED) is 0.222. The van der Waals surface area contributed by atoms with Crippen LogP contribution < -0.4 is 27.2 Å². The maximum Gasteiger partial charge on any atom is 0.326 e. The van der Waals surface area contributed by atoms with Crippen molar-refractivity contribution in [1.29, 1.82) is 0 Å². The zero-order chi connectivity index (χ0) is 23.8. The number of carbonyl (C=O) groups is 2. The smallest absolute Gasteiger partial charge is 0.326 e. The Morgan fingerprint density at radius 1 is 1.18 bits per heavy atom. The molecule has 0 unspecified atom stereocenters. The molecule has 1 amide bonds. The molecule has 2 aromatic heterocycles. The van der Waals surface area contributed by atoms with Gasteiger partial charge in [0.05, 0.1) is 18.4 Å². The van der Waals surface area contributed by atoms with Gasteiger partial charge >= 0.3 is 5.97 Å². The molecule has 3 aromatic rings. The minimum Gasteiger partial charge on any atom is -0.480 e. The second kappa shape index (κ2) is 11.0. The van der Waals surface area contributed by atoms with E-state index in [1.807, 2.05) is 7.05 Å². The number of carbonyl (C=O) groups excluding carboxylic acids is 1. The number of hydrogen-bond donors (Lipinski definition) is 6. The normalized spacial score (nSPS) is 11.8. The fraction of sp³-hybridized carbons (Fsp3) is 0.333. The van der Waals surface area contributed by atoms with E-state index < -0.39 is 23.5 Å². The van der Waals surface area contributed by atoms with Crippen molar-refractivity contribution in [3.05, 3.63) is 52.1 Å². The van der Waals surface area contributed by atoms with Gasteiger partial charge in [-0.1, -0.05) is 0 Å². The van der Waals surface area contributed by atoms with Gasteiger partial charge in [-0.05, 0) is 57.1 Å². The Bertz CT molecular complexity index is 1180. The first kappa shape index (κ1) is 23.6. The van der Waals surface area contributed by atoms with Gasteiger partial charge in [-0.15, -0.1) is 0 Å². The van der Waals surface area contributed by atoms with E-state index in [4.69, 9.17) is 5.73 Å². The number of nitrogens with two attached hydrogens (primary N) is 1. The van der Waals surface area contributed by atoms with Crippen molar-refractivity contribution in [3.63, 3.8) is 0 Å². The molecule has 12 heteroatoms. The number of fused-ring (bicyclic) bond motifs is 1. The Balaban J connectivity index is 1.58. The van der Waals surface area contributed by atoms with Crippen molar-refractivity contribution in [2.75, 3.05) is 24.6 Å². The molecule has 0 spiro atoms. The van der Waals surface area contributed by atoms with Crippen LogP contribution in [-0.4, -0.2) is 56.6 Å². The summed E-state index contributed by atoms with van der Waals surface area (Å²) in [5.74, 6) is -1.53. The number of unbranched alkanes of at least 4 members (excludes halogenated alkanes) is 1. The van der Waals surface area contributed by atoms with Crippen LogP contribution >= 0.6 is 0 Å². The lowest BCUT2D eigenvalue weighted by Gasteiger charge is -2.15. The van der Waals surface area contributed by atoms with E-state index in [1.54, 1.807) is 24.3 Å². The van der Waals surface area contributed by atoms with Gasteiger partial charge < -0.3 is 26.8 Å². The highest BCUT2D eigenvalue weighted by molar-refractivity contribution is 5.96. The van der Waals surface area contributed by atoms with Crippen molar-refractivity contribution >= 4 is 34.7 Å². The summed E-state index contributed by atoms with van der Waals surface area (Å²) in [4.78, 5) is 50.5. The SMILES string of the molecule is CNCCCC[C@H](NC(=O)c1ccc(NCc2cnc3nc(N)[nH]c(=O)c3n2)cc1)C(=O)O. The van der Waals surface area contributed by atoms with Gasteiger partial charge in [-0.25, -0.2) is 14.8 Å². The number of aliphatic carboxylic acids is 1. The van der Waals surface area contributed by atoms with E-state index in [0.29, 0.717) is 29.8 Å². The van der Waals surface area contributed by atoms with Crippen molar-refractivity contribution in [2.24, 2.45) is 0 Å². The molecule has 174 valence electrons. The molecular weight excluding hydrogens is 428 g/mol. The van der Waals surface area contributed by atoms with Gasteiger partial charge in [-0.2, -0.15) is 4.98 Å². The highest BCUT2D eigenvalue weighted by Gasteiger charge is 2.20. The summed E-state index contributed by atoms with van der Waals surface area (Å²) in [5.41, 5.74) is 6.86. The molecule has 1 aromatic carbocycles. The average Bonchev–Trinajstić information content (AvgIpc) is 2.80. The number of aromatic amines is 1. The number of hydrogen-bond acceptors (Lipinski definition) is 9. The molecule has 12 nitrogen and oxygen atoms in total. The molecule has 7 N–H and O–H groups in total. The molecule has 0 saturated heterocycles. The van der Waals surface area contributed by atoms with Crippen molar-refractivity contribution in [2.45, 2.75) is 31.8 Å². The first-order chi connectivity index (χ1) is 15.9. The van der Waals surface area contributed by atoms with Crippen molar-refractivity contribution < 1.29 is 14.7 Å². The Morgan fingerprint density at radius 3 is 2.64 bits per heavy atom. The second-order valence-electron chi connectivity index (χ2n) is 7.38. The van der Waals surface area contributed by atoms with Crippen LogP contribution in [0.4, 0.5) is 11.6 Å². The Labute approximate surface area is 189 Å². The van der Waals surface area contributed by atoms with Gasteiger partial charge in [0.1, 0.15) is 6.04 Å². The first-order valence-corrected chi connectivity index (χ1v) is 10.4. The highest BCUT2D eigenvalue weighted by atomic mass is 16.4. The summed E-state index contributed by atoms with van der Waals surface area (Å²) < 4.78 is 0. The minimum absolute atomic E-state index is 0.0275. The summed E-state index contributed by atoms with van der Waals surface area (Å²) in [6.45, 7) is 1.08. The Morgan fingerprint density at radius 2 is 1.94 bits per heavy atom. The van der Waals surface area contributed by atoms with Crippen molar-refractivity contribution in [1.82, 2.24) is 30.6 Å². The van der Waals surface area contributed by atoms with Crippen LogP contribution in [0, 0.1) is 0 Å². The number of carboxylic acid groups (broad SMARTS) is 1. The number of nitrogen functional groups attached to an aromatic ring is 1. The van der Waals surface area contributed by atoms with Gasteiger partial charge in [0.2, 0.25) is 5.95 Å². The van der Waals surface area contributed by atoms with Crippen LogP contribution in [0.1, 0.15) is 35.3 Å². The topological polar surface area (TPSA) is 188 Å². The third kappa shape index (κ3) is 6.46. The van der Waals surface area contributed by atoms with E-state index in [-0.39, 0.29) is 23.7 Å². The van der Waals surface area contributed by atoms with Crippen LogP contribution in [0.2, 0.25) is 0 Å². The number of anilines is 2. The summed E-state index contributed by atoms with van der Waals surface area (Å²) in [6.07, 6.45) is 3.37. The zero-order valence-electron chi connectivity index (χ0n) is 18.1.